The van der Waals surface area contributed by atoms with Gasteiger partial charge >= 0.3 is 0 Å². The van der Waals surface area contributed by atoms with Gasteiger partial charge in [0, 0.05) is 24.7 Å². The summed E-state index contributed by atoms with van der Waals surface area (Å²) in [6.07, 6.45) is 3.86. The van der Waals surface area contributed by atoms with Crippen molar-refractivity contribution in [2.75, 3.05) is 11.4 Å². The van der Waals surface area contributed by atoms with Gasteiger partial charge in [0.25, 0.3) is 0 Å². The van der Waals surface area contributed by atoms with Crippen molar-refractivity contribution in [3.05, 3.63) is 23.6 Å². The van der Waals surface area contributed by atoms with E-state index < -0.39 is 0 Å². The second kappa shape index (κ2) is 5.00. The molecule has 1 aliphatic carbocycles. The third-order valence-electron chi connectivity index (χ3n) is 3.18. The van der Waals surface area contributed by atoms with Crippen LogP contribution in [0.1, 0.15) is 32.3 Å². The predicted molar refractivity (Wildman–Crippen MR) is 67.3 cm³/mol. The molecule has 0 amide bonds. The first-order chi connectivity index (χ1) is 8.11. The summed E-state index contributed by atoms with van der Waals surface area (Å²) in [5, 5.41) is 0. The maximum absolute atomic E-state index is 13.1. The van der Waals surface area contributed by atoms with E-state index in [2.05, 4.69) is 23.7 Å². The van der Waals surface area contributed by atoms with Gasteiger partial charge in [0.15, 0.2) is 0 Å². The average Bonchev–Trinajstić information content (AvgIpc) is 3.09. The van der Waals surface area contributed by atoms with Crippen LogP contribution in [-0.2, 0) is 6.54 Å². The van der Waals surface area contributed by atoms with E-state index in [1.807, 2.05) is 0 Å². The molecule has 0 saturated heterocycles. The number of pyridine rings is 1. The van der Waals surface area contributed by atoms with Crippen LogP contribution in [0.5, 0.6) is 0 Å². The number of hydrogen-bond acceptors (Lipinski definition) is 3. The third kappa shape index (κ3) is 2.94. The highest BCUT2D eigenvalue weighted by atomic mass is 19.1. The molecule has 1 aromatic heterocycles. The molecular weight excluding hydrogens is 217 g/mol. The molecule has 1 aliphatic rings. The van der Waals surface area contributed by atoms with Crippen molar-refractivity contribution in [2.24, 2.45) is 11.7 Å². The minimum absolute atomic E-state index is 0.315. The number of halogens is 1. The van der Waals surface area contributed by atoms with Crippen molar-refractivity contribution in [1.29, 1.82) is 0 Å². The van der Waals surface area contributed by atoms with Crippen LogP contribution >= 0.6 is 0 Å². The molecule has 0 radical (unpaired) electrons. The summed E-state index contributed by atoms with van der Waals surface area (Å²) in [5.74, 6) is 1.30. The Bertz CT molecular complexity index is 388. The van der Waals surface area contributed by atoms with E-state index in [0.29, 0.717) is 12.6 Å². The van der Waals surface area contributed by atoms with Crippen LogP contribution in [-0.4, -0.2) is 17.6 Å². The van der Waals surface area contributed by atoms with Gasteiger partial charge in [-0.15, -0.1) is 0 Å². The SMILES string of the molecule is CC(C)N(CC1CC1)c1ncc(F)cc1CN. The molecule has 0 unspecified atom stereocenters. The summed E-state index contributed by atoms with van der Waals surface area (Å²) >= 11 is 0. The van der Waals surface area contributed by atoms with Crippen LogP contribution in [0.3, 0.4) is 0 Å². The largest absolute Gasteiger partial charge is 0.354 e. The second-order valence-corrected chi connectivity index (χ2v) is 5.03. The molecule has 17 heavy (non-hydrogen) atoms. The monoisotopic (exact) mass is 237 g/mol. The Morgan fingerprint density at radius 3 is 2.76 bits per heavy atom. The summed E-state index contributed by atoms with van der Waals surface area (Å²) in [6.45, 7) is 5.60. The fraction of sp³-hybridized carbons (Fsp3) is 0.615. The van der Waals surface area contributed by atoms with Gasteiger partial charge in [0.2, 0.25) is 0 Å². The zero-order chi connectivity index (χ0) is 12.4. The number of rotatable bonds is 5. The van der Waals surface area contributed by atoms with E-state index in [9.17, 15) is 4.39 Å². The summed E-state index contributed by atoms with van der Waals surface area (Å²) < 4.78 is 13.1. The lowest BCUT2D eigenvalue weighted by Crippen LogP contribution is -2.34. The Labute approximate surface area is 102 Å². The van der Waals surface area contributed by atoms with Crippen molar-refractivity contribution in [1.82, 2.24) is 4.98 Å². The van der Waals surface area contributed by atoms with Crippen LogP contribution in [0.4, 0.5) is 10.2 Å². The number of anilines is 1. The first kappa shape index (κ1) is 12.3. The predicted octanol–water partition coefficient (Wildman–Crippen LogP) is 2.30. The van der Waals surface area contributed by atoms with Crippen molar-refractivity contribution in [3.8, 4) is 0 Å². The zero-order valence-electron chi connectivity index (χ0n) is 10.5. The Hall–Kier alpha value is -1.16. The van der Waals surface area contributed by atoms with Crippen molar-refractivity contribution < 1.29 is 4.39 Å². The lowest BCUT2D eigenvalue weighted by molar-refractivity contribution is 0.605. The Balaban J connectivity index is 2.26. The number of nitrogens with zero attached hydrogens (tertiary/aromatic N) is 2. The van der Waals surface area contributed by atoms with E-state index in [1.54, 1.807) is 0 Å². The van der Waals surface area contributed by atoms with E-state index in [-0.39, 0.29) is 5.82 Å². The maximum atomic E-state index is 13.1. The van der Waals surface area contributed by atoms with E-state index in [4.69, 9.17) is 5.73 Å². The summed E-state index contributed by atoms with van der Waals surface area (Å²) in [5.41, 5.74) is 6.46. The van der Waals surface area contributed by atoms with Crippen LogP contribution < -0.4 is 10.6 Å². The molecule has 4 heteroatoms. The highest BCUT2D eigenvalue weighted by molar-refractivity contribution is 5.47. The fourth-order valence-corrected chi connectivity index (χ4v) is 2.00. The Morgan fingerprint density at radius 1 is 1.53 bits per heavy atom. The lowest BCUT2D eigenvalue weighted by atomic mass is 10.2. The second-order valence-electron chi connectivity index (χ2n) is 5.03. The quantitative estimate of drug-likeness (QED) is 0.854. The molecule has 0 bridgehead atoms. The molecule has 0 aliphatic heterocycles. The van der Waals surface area contributed by atoms with Crippen molar-refractivity contribution >= 4 is 5.82 Å². The van der Waals surface area contributed by atoms with Crippen molar-refractivity contribution in [2.45, 2.75) is 39.3 Å². The van der Waals surface area contributed by atoms with Gasteiger partial charge < -0.3 is 10.6 Å². The Morgan fingerprint density at radius 2 is 2.24 bits per heavy atom. The van der Waals surface area contributed by atoms with Crippen LogP contribution in [0, 0.1) is 11.7 Å². The van der Waals surface area contributed by atoms with E-state index in [0.717, 1.165) is 23.8 Å². The van der Waals surface area contributed by atoms with Gasteiger partial charge in [-0.1, -0.05) is 0 Å². The average molecular weight is 237 g/mol. The first-order valence-corrected chi connectivity index (χ1v) is 6.23. The summed E-state index contributed by atoms with van der Waals surface area (Å²) in [4.78, 5) is 6.46. The molecule has 0 spiro atoms. The minimum Gasteiger partial charge on any atom is -0.354 e. The van der Waals surface area contributed by atoms with Gasteiger partial charge in [-0.05, 0) is 38.7 Å². The fourth-order valence-electron chi connectivity index (χ4n) is 2.00. The number of nitrogens with two attached hydrogens (primary N) is 1. The molecule has 0 aromatic carbocycles. The van der Waals surface area contributed by atoms with Gasteiger partial charge in [0.1, 0.15) is 11.6 Å². The van der Waals surface area contributed by atoms with E-state index >= 15 is 0 Å². The van der Waals surface area contributed by atoms with E-state index in [1.165, 1.54) is 25.1 Å². The van der Waals surface area contributed by atoms with Crippen molar-refractivity contribution in [3.63, 3.8) is 0 Å². The molecule has 1 saturated carbocycles. The highest BCUT2D eigenvalue weighted by Crippen LogP contribution is 2.32. The molecule has 2 rings (SSSR count). The molecule has 1 aromatic rings. The number of hydrogen-bond donors (Lipinski definition) is 1. The Kier molecular flexibility index (Phi) is 3.62. The molecular formula is C13H20FN3. The topological polar surface area (TPSA) is 42.2 Å². The van der Waals surface area contributed by atoms with Crippen LogP contribution in [0.25, 0.3) is 0 Å². The minimum atomic E-state index is -0.315. The number of aromatic nitrogens is 1. The molecule has 1 heterocycles. The first-order valence-electron chi connectivity index (χ1n) is 6.23. The van der Waals surface area contributed by atoms with Crippen LogP contribution in [0.15, 0.2) is 12.3 Å². The van der Waals surface area contributed by atoms with Gasteiger partial charge in [-0.25, -0.2) is 9.37 Å². The van der Waals surface area contributed by atoms with Crippen LogP contribution in [0.2, 0.25) is 0 Å². The smallest absolute Gasteiger partial charge is 0.141 e. The molecule has 2 N–H and O–H groups in total. The standard InChI is InChI=1S/C13H20FN3/c1-9(2)17(8-10-3-4-10)13-11(6-15)5-12(14)7-16-13/h5,7,9-10H,3-4,6,8,15H2,1-2H3. The summed E-state index contributed by atoms with van der Waals surface area (Å²) in [7, 11) is 0. The van der Waals surface area contributed by atoms with Gasteiger partial charge in [0.05, 0.1) is 6.20 Å². The molecule has 0 atom stereocenters. The van der Waals surface area contributed by atoms with Gasteiger partial charge in [-0.3, -0.25) is 0 Å². The molecule has 1 fully saturated rings. The lowest BCUT2D eigenvalue weighted by Gasteiger charge is -2.29. The highest BCUT2D eigenvalue weighted by Gasteiger charge is 2.27. The zero-order valence-corrected chi connectivity index (χ0v) is 10.5. The molecule has 94 valence electrons. The normalized spacial score (nSPS) is 15.4. The van der Waals surface area contributed by atoms with Gasteiger partial charge in [-0.2, -0.15) is 0 Å². The molecule has 3 nitrogen and oxygen atoms in total. The maximum Gasteiger partial charge on any atom is 0.141 e. The third-order valence-corrected chi connectivity index (χ3v) is 3.18. The summed E-state index contributed by atoms with van der Waals surface area (Å²) in [6, 6.07) is 1.85.